The fraction of sp³-hybridized carbons (Fsp3) is 0. The first-order valence-corrected chi connectivity index (χ1v) is 18.5. The quantitative estimate of drug-likeness (QED) is 0.164. The predicted octanol–water partition coefficient (Wildman–Crippen LogP) is 16.0. The van der Waals surface area contributed by atoms with Crippen LogP contribution in [0.25, 0.3) is 120 Å². The zero-order valence-corrected chi connectivity index (χ0v) is 29.9. The predicted molar refractivity (Wildman–Crippen MR) is 243 cm³/mol. The van der Waals surface area contributed by atoms with Gasteiger partial charge in [0.25, 0.3) is 0 Å². The topological polar surface area (TPSA) is 13.1 Å². The van der Waals surface area contributed by atoms with E-state index in [1.165, 1.54) is 0 Å². The van der Waals surface area contributed by atoms with Crippen molar-refractivity contribution in [2.45, 2.75) is 0 Å². The number of benzene rings is 11. The number of fused-ring (bicyclic) bond motifs is 8. The van der Waals surface area contributed by atoms with Crippen molar-refractivity contribution in [2.75, 3.05) is 0 Å². The van der Waals surface area contributed by atoms with Crippen molar-refractivity contribution in [3.05, 3.63) is 206 Å². The summed E-state index contributed by atoms with van der Waals surface area (Å²) in [6, 6.07) is 26.3. The van der Waals surface area contributed by atoms with Crippen LogP contribution in [0.2, 0.25) is 0 Å². The van der Waals surface area contributed by atoms with E-state index >= 15 is 0 Å². The Morgan fingerprint density at radius 1 is 0.281 bits per heavy atom. The van der Waals surface area contributed by atoms with Gasteiger partial charge in [-0.1, -0.05) is 194 Å². The molecular weight excluding hydrogens is 689 g/mol. The van der Waals surface area contributed by atoms with Crippen molar-refractivity contribution in [2.24, 2.45) is 0 Å². The minimum Gasteiger partial charge on any atom is -0.456 e. The average Bonchev–Trinajstić information content (AvgIpc) is 3.79. The van der Waals surface area contributed by atoms with E-state index in [-0.39, 0.29) is 60.1 Å². The van der Waals surface area contributed by atoms with E-state index in [4.69, 9.17) is 11.3 Å². The second-order valence-corrected chi connectivity index (χ2v) is 13.9. The second kappa shape index (κ2) is 12.5. The zero-order valence-electron chi connectivity index (χ0n) is 44.9. The van der Waals surface area contributed by atoms with E-state index in [1.807, 2.05) is 78.9 Å². The summed E-state index contributed by atoms with van der Waals surface area (Å²) in [5.41, 5.74) is 3.54. The minimum absolute atomic E-state index is 0.0520. The van der Waals surface area contributed by atoms with Crippen LogP contribution >= 0.6 is 0 Å². The summed E-state index contributed by atoms with van der Waals surface area (Å²) in [6.45, 7) is 0. The lowest BCUT2D eigenvalue weighted by Crippen LogP contribution is -1.95. The van der Waals surface area contributed by atoms with Gasteiger partial charge in [-0.3, -0.25) is 0 Å². The molecule has 0 bridgehead atoms. The van der Waals surface area contributed by atoms with Crippen LogP contribution in [0.15, 0.2) is 210 Å². The van der Waals surface area contributed by atoms with E-state index < -0.39 is 90.6 Å². The van der Waals surface area contributed by atoms with E-state index in [1.54, 1.807) is 36.4 Å². The molecule has 0 aliphatic heterocycles. The van der Waals surface area contributed by atoms with Gasteiger partial charge in [0.05, 0.1) is 20.6 Å². The lowest BCUT2D eigenvalue weighted by molar-refractivity contribution is 0.669. The summed E-state index contributed by atoms with van der Waals surface area (Å²) in [7, 11) is 0. The highest BCUT2D eigenvalue weighted by Gasteiger charge is 2.23. The van der Waals surface area contributed by atoms with Crippen LogP contribution < -0.4 is 0 Å². The van der Waals surface area contributed by atoms with Gasteiger partial charge in [-0.25, -0.2) is 0 Å². The Hall–Kier alpha value is -7.48. The van der Waals surface area contributed by atoms with Crippen LogP contribution in [0.1, 0.15) is 20.6 Å². The molecule has 0 fully saturated rings. The Bertz CT molecular complexity index is 4370. The Morgan fingerprint density at radius 3 is 1.61 bits per heavy atom. The first-order valence-electron chi connectivity index (χ1n) is 26.0. The van der Waals surface area contributed by atoms with Gasteiger partial charge in [-0.15, -0.1) is 0 Å². The molecule has 0 atom stereocenters. The van der Waals surface area contributed by atoms with Gasteiger partial charge < -0.3 is 4.42 Å². The molecule has 57 heavy (non-hydrogen) atoms. The standard InChI is InChI=1S/C56H34O/c1-3-18-37-35(15-1)17-13-27-39(37)49-32-31-36-16-2-4-19-38(36)55(49)56-46-24-9-7-22-44(46)53(45-23-8-10-25-47(45)56)48-34-33-42(40-20-5-6-21-41(40)48)43-28-14-30-52-54(43)50-26-11-12-29-51(50)57-52/h1-34H/i1D,3D,7D,8D,9D,10D,13D,15D,17D,18D,22D,23D,24D,25D,27D. The van der Waals surface area contributed by atoms with Crippen LogP contribution in [-0.2, 0) is 0 Å². The molecule has 12 rings (SSSR count). The number of rotatable bonds is 4. The SMILES string of the molecule is [2H]c1c([2H])c([2H])c2c(-c3ccc4ccccc4c3-c3c4c([2H])c([2H])c([2H])c([2H])c4c(-c4ccc(-c5cccc6oc7ccccc7c56)c5ccccc45)c4c([2H])c([2H])c([2H])c([2H])c34)c([2H])c([2H])c([2H])c2c1[2H]. The summed E-state index contributed by atoms with van der Waals surface area (Å²) in [5.74, 6) is 0. The second-order valence-electron chi connectivity index (χ2n) is 13.9. The van der Waals surface area contributed by atoms with Gasteiger partial charge in [0.2, 0.25) is 0 Å². The van der Waals surface area contributed by atoms with Crippen LogP contribution in [-0.4, -0.2) is 0 Å². The third-order valence-electron chi connectivity index (χ3n) is 11.0. The molecule has 1 heterocycles. The summed E-state index contributed by atoms with van der Waals surface area (Å²) < 4.78 is 145. The van der Waals surface area contributed by atoms with Crippen molar-refractivity contribution in [3.63, 3.8) is 0 Å². The summed E-state index contributed by atoms with van der Waals surface area (Å²) in [6.07, 6.45) is 0. The third-order valence-corrected chi connectivity index (χ3v) is 11.0. The molecule has 0 N–H and O–H groups in total. The van der Waals surface area contributed by atoms with Crippen molar-refractivity contribution in [1.29, 1.82) is 0 Å². The Labute approximate surface area is 350 Å². The third kappa shape index (κ3) is 4.76. The molecule has 0 spiro atoms. The van der Waals surface area contributed by atoms with Gasteiger partial charge >= 0.3 is 0 Å². The molecule has 1 heteroatoms. The maximum atomic E-state index is 9.86. The molecule has 0 unspecified atom stereocenters. The number of hydrogen-bond acceptors (Lipinski definition) is 1. The Morgan fingerprint density at radius 2 is 0.842 bits per heavy atom. The number of para-hydroxylation sites is 1. The smallest absolute Gasteiger partial charge is 0.136 e. The first-order chi connectivity index (χ1) is 34.5. The highest BCUT2D eigenvalue weighted by atomic mass is 16.3. The molecule has 0 aliphatic rings. The van der Waals surface area contributed by atoms with Gasteiger partial charge in [-0.2, -0.15) is 0 Å². The first kappa shape index (κ1) is 20.4. The van der Waals surface area contributed by atoms with Crippen LogP contribution in [0, 0.1) is 0 Å². The Kier molecular flexibility index (Phi) is 4.49. The number of furan rings is 1. The van der Waals surface area contributed by atoms with E-state index in [2.05, 4.69) is 0 Å². The van der Waals surface area contributed by atoms with Crippen molar-refractivity contribution in [3.8, 4) is 44.5 Å². The van der Waals surface area contributed by atoms with Crippen LogP contribution in [0.5, 0.6) is 0 Å². The normalized spacial score (nSPS) is 15.5. The van der Waals surface area contributed by atoms with E-state index in [0.717, 1.165) is 27.3 Å². The lowest BCUT2D eigenvalue weighted by atomic mass is 9.80. The average molecular weight is 738 g/mol. The maximum Gasteiger partial charge on any atom is 0.136 e. The summed E-state index contributed by atoms with van der Waals surface area (Å²) >= 11 is 0. The molecular formula is C56H34O. The van der Waals surface area contributed by atoms with Gasteiger partial charge in [0, 0.05) is 10.8 Å². The van der Waals surface area contributed by atoms with Gasteiger partial charge in [0.1, 0.15) is 11.2 Å². The van der Waals surface area contributed by atoms with E-state index in [9.17, 15) is 13.7 Å². The summed E-state index contributed by atoms with van der Waals surface area (Å²) in [5, 5.41) is 3.21. The lowest BCUT2D eigenvalue weighted by Gasteiger charge is -2.22. The van der Waals surface area contributed by atoms with Gasteiger partial charge in [0.15, 0.2) is 0 Å². The molecule has 12 aromatic rings. The van der Waals surface area contributed by atoms with Crippen LogP contribution in [0.4, 0.5) is 0 Å². The minimum atomic E-state index is -0.649. The highest BCUT2D eigenvalue weighted by Crippen LogP contribution is 2.51. The monoisotopic (exact) mass is 737 g/mol. The molecule has 264 valence electrons. The van der Waals surface area contributed by atoms with Crippen molar-refractivity contribution in [1.82, 2.24) is 0 Å². The molecule has 0 amide bonds. The molecule has 0 aliphatic carbocycles. The molecule has 11 aromatic carbocycles. The van der Waals surface area contributed by atoms with Gasteiger partial charge in [-0.05, 0) is 111 Å². The van der Waals surface area contributed by atoms with E-state index in [0.29, 0.717) is 32.9 Å². The zero-order chi connectivity index (χ0) is 50.5. The molecule has 0 radical (unpaired) electrons. The highest BCUT2D eigenvalue weighted by molar-refractivity contribution is 6.28. The largest absolute Gasteiger partial charge is 0.456 e. The molecule has 0 saturated carbocycles. The van der Waals surface area contributed by atoms with Crippen molar-refractivity contribution < 1.29 is 25.0 Å². The summed E-state index contributed by atoms with van der Waals surface area (Å²) in [4.78, 5) is 0. The fourth-order valence-electron chi connectivity index (χ4n) is 8.66. The number of hydrogen-bond donors (Lipinski definition) is 0. The fourth-order valence-corrected chi connectivity index (χ4v) is 8.66. The maximum absolute atomic E-state index is 9.86. The molecule has 1 aromatic heterocycles. The van der Waals surface area contributed by atoms with Crippen molar-refractivity contribution >= 4 is 75.8 Å². The molecule has 1 nitrogen and oxygen atoms in total. The Balaban J connectivity index is 1.32. The molecule has 0 saturated heterocycles. The van der Waals surface area contributed by atoms with Crippen LogP contribution in [0.3, 0.4) is 0 Å².